The topological polar surface area (TPSA) is 102 Å². The zero-order chi connectivity index (χ0) is 13.8. The molecule has 2 aromatic rings. The molecule has 102 valence electrons. The lowest BCUT2D eigenvalue weighted by Gasteiger charge is -2.13. The van der Waals surface area contributed by atoms with Crippen molar-refractivity contribution in [2.24, 2.45) is 0 Å². The number of anilines is 1. The Morgan fingerprint density at radius 2 is 2.42 bits per heavy atom. The molecule has 0 bridgehead atoms. The maximum atomic E-state index is 12.0. The van der Waals surface area contributed by atoms with Gasteiger partial charge in [-0.1, -0.05) is 6.92 Å². The Morgan fingerprint density at radius 1 is 1.63 bits per heavy atom. The number of aromatic amines is 1. The van der Waals surface area contributed by atoms with Gasteiger partial charge in [-0.3, -0.25) is 14.6 Å². The molecule has 0 aliphatic heterocycles. The first-order chi connectivity index (χ1) is 9.11. The zero-order valence-corrected chi connectivity index (χ0v) is 11.1. The molecule has 7 nitrogen and oxygen atoms in total. The highest BCUT2D eigenvalue weighted by Crippen LogP contribution is 2.14. The van der Waals surface area contributed by atoms with Gasteiger partial charge >= 0.3 is 0 Å². The number of nitrogens with two attached hydrogens (primary N) is 1. The average Bonchev–Trinajstić information content (AvgIpc) is 2.98. The first-order valence-electron chi connectivity index (χ1n) is 6.22. The summed E-state index contributed by atoms with van der Waals surface area (Å²) < 4.78 is 1.76. The molecule has 7 heteroatoms. The van der Waals surface area contributed by atoms with Gasteiger partial charge in [0.15, 0.2) is 5.69 Å². The molecule has 1 amide bonds. The van der Waals surface area contributed by atoms with Crippen molar-refractivity contribution in [3.05, 3.63) is 29.8 Å². The molecule has 1 atom stereocenters. The van der Waals surface area contributed by atoms with Gasteiger partial charge in [-0.2, -0.15) is 10.2 Å². The Labute approximate surface area is 111 Å². The number of amides is 1. The molecular formula is C12H18N6O. The molecule has 2 rings (SSSR count). The molecule has 0 aliphatic rings. The number of aromatic nitrogens is 4. The molecule has 0 saturated carbocycles. The third kappa shape index (κ3) is 2.93. The highest BCUT2D eigenvalue weighted by molar-refractivity contribution is 5.97. The van der Waals surface area contributed by atoms with Crippen LogP contribution in [0.5, 0.6) is 0 Å². The van der Waals surface area contributed by atoms with E-state index in [-0.39, 0.29) is 17.6 Å². The van der Waals surface area contributed by atoms with Crippen molar-refractivity contribution in [1.29, 1.82) is 0 Å². The molecular weight excluding hydrogens is 244 g/mol. The normalized spacial score (nSPS) is 12.3. The molecule has 2 heterocycles. The lowest BCUT2D eigenvalue weighted by molar-refractivity contribution is 0.0932. The predicted octanol–water partition coefficient (Wildman–Crippen LogP) is 0.569. The van der Waals surface area contributed by atoms with Gasteiger partial charge in [-0.25, -0.2) is 0 Å². The number of carbonyl (C=O) groups is 1. The van der Waals surface area contributed by atoms with Crippen LogP contribution in [-0.2, 0) is 13.0 Å². The summed E-state index contributed by atoms with van der Waals surface area (Å²) in [6.07, 6.45) is 4.27. The number of H-pyrrole nitrogens is 1. The van der Waals surface area contributed by atoms with E-state index in [1.54, 1.807) is 10.9 Å². The molecule has 0 fully saturated rings. The van der Waals surface area contributed by atoms with E-state index in [4.69, 9.17) is 5.73 Å². The van der Waals surface area contributed by atoms with Crippen LogP contribution in [0.1, 0.15) is 30.0 Å². The van der Waals surface area contributed by atoms with Crippen LogP contribution in [-0.4, -0.2) is 31.9 Å². The fourth-order valence-corrected chi connectivity index (χ4v) is 1.86. The lowest BCUT2D eigenvalue weighted by Crippen LogP contribution is -2.36. The van der Waals surface area contributed by atoms with Gasteiger partial charge in [0.2, 0.25) is 0 Å². The summed E-state index contributed by atoms with van der Waals surface area (Å²) in [7, 11) is 0. The second-order valence-corrected chi connectivity index (χ2v) is 4.42. The number of nitrogens with one attached hydrogen (secondary N) is 2. The zero-order valence-electron chi connectivity index (χ0n) is 11.1. The summed E-state index contributed by atoms with van der Waals surface area (Å²) in [6.45, 7) is 4.46. The minimum atomic E-state index is -0.270. The summed E-state index contributed by atoms with van der Waals surface area (Å²) in [4.78, 5) is 12.0. The molecule has 0 spiro atoms. The molecule has 0 radical (unpaired) electrons. The number of rotatable bonds is 5. The van der Waals surface area contributed by atoms with Crippen molar-refractivity contribution in [2.45, 2.75) is 32.9 Å². The molecule has 2 aromatic heterocycles. The Morgan fingerprint density at radius 3 is 3.00 bits per heavy atom. The van der Waals surface area contributed by atoms with Gasteiger partial charge in [-0.05, 0) is 19.4 Å². The minimum Gasteiger partial charge on any atom is -0.395 e. The number of nitrogen functional groups attached to an aromatic ring is 1. The van der Waals surface area contributed by atoms with Gasteiger partial charge in [0, 0.05) is 18.4 Å². The summed E-state index contributed by atoms with van der Waals surface area (Å²) in [5.41, 5.74) is 7.31. The lowest BCUT2D eigenvalue weighted by atomic mass is 10.2. The number of nitrogens with zero attached hydrogens (tertiary/aromatic N) is 3. The molecule has 0 aliphatic carbocycles. The summed E-state index contributed by atoms with van der Waals surface area (Å²) >= 11 is 0. The van der Waals surface area contributed by atoms with Crippen LogP contribution in [0.3, 0.4) is 0 Å². The van der Waals surface area contributed by atoms with Crippen LogP contribution in [0.2, 0.25) is 0 Å². The number of hydrogen-bond donors (Lipinski definition) is 3. The second-order valence-electron chi connectivity index (χ2n) is 4.42. The van der Waals surface area contributed by atoms with Crippen LogP contribution in [0.15, 0.2) is 18.5 Å². The van der Waals surface area contributed by atoms with Gasteiger partial charge in [0.1, 0.15) is 0 Å². The van der Waals surface area contributed by atoms with Crippen molar-refractivity contribution >= 4 is 11.6 Å². The van der Waals surface area contributed by atoms with Crippen LogP contribution >= 0.6 is 0 Å². The third-order valence-electron chi connectivity index (χ3n) is 2.85. The Bertz CT molecular complexity index is 545. The van der Waals surface area contributed by atoms with Crippen LogP contribution < -0.4 is 11.1 Å². The molecule has 0 aromatic carbocycles. The van der Waals surface area contributed by atoms with Gasteiger partial charge in [0.25, 0.3) is 5.91 Å². The SMILES string of the molecule is CCc1[nH]nc(C(=O)NC(C)Cn2cccn2)c1N. The minimum absolute atomic E-state index is 0.0615. The van der Waals surface area contributed by atoms with Gasteiger partial charge in [0.05, 0.1) is 17.9 Å². The predicted molar refractivity (Wildman–Crippen MR) is 71.5 cm³/mol. The maximum Gasteiger partial charge on any atom is 0.274 e. The third-order valence-corrected chi connectivity index (χ3v) is 2.85. The van der Waals surface area contributed by atoms with Crippen molar-refractivity contribution in [3.8, 4) is 0 Å². The highest BCUT2D eigenvalue weighted by Gasteiger charge is 2.18. The largest absolute Gasteiger partial charge is 0.395 e. The first kappa shape index (κ1) is 13.1. The van der Waals surface area contributed by atoms with E-state index in [9.17, 15) is 4.79 Å². The van der Waals surface area contributed by atoms with E-state index in [1.807, 2.05) is 26.1 Å². The van der Waals surface area contributed by atoms with Crippen LogP contribution in [0.4, 0.5) is 5.69 Å². The fourth-order valence-electron chi connectivity index (χ4n) is 1.86. The highest BCUT2D eigenvalue weighted by atomic mass is 16.2. The van der Waals surface area contributed by atoms with E-state index < -0.39 is 0 Å². The van der Waals surface area contributed by atoms with E-state index >= 15 is 0 Å². The maximum absolute atomic E-state index is 12.0. The average molecular weight is 262 g/mol. The van der Waals surface area contributed by atoms with Crippen molar-refractivity contribution in [2.75, 3.05) is 5.73 Å². The second kappa shape index (κ2) is 5.55. The van der Waals surface area contributed by atoms with E-state index in [2.05, 4.69) is 20.6 Å². The van der Waals surface area contributed by atoms with E-state index in [0.717, 1.165) is 12.1 Å². The monoisotopic (exact) mass is 262 g/mol. The first-order valence-corrected chi connectivity index (χ1v) is 6.22. The summed E-state index contributed by atoms with van der Waals surface area (Å²) in [5, 5.41) is 13.7. The van der Waals surface area contributed by atoms with Crippen LogP contribution in [0, 0.1) is 0 Å². The Hall–Kier alpha value is -2.31. The smallest absolute Gasteiger partial charge is 0.274 e. The van der Waals surface area contributed by atoms with E-state index in [0.29, 0.717) is 12.2 Å². The van der Waals surface area contributed by atoms with E-state index in [1.165, 1.54) is 0 Å². The van der Waals surface area contributed by atoms with Crippen molar-refractivity contribution in [3.63, 3.8) is 0 Å². The fraction of sp³-hybridized carbons (Fsp3) is 0.417. The van der Waals surface area contributed by atoms with Crippen molar-refractivity contribution in [1.82, 2.24) is 25.3 Å². The summed E-state index contributed by atoms with van der Waals surface area (Å²) in [6, 6.07) is 1.78. The quantitative estimate of drug-likeness (QED) is 0.733. The standard InChI is InChI=1S/C12H18N6O/c1-3-9-10(13)11(17-16-9)12(19)15-8(2)7-18-6-4-5-14-18/h4-6,8H,3,7,13H2,1-2H3,(H,15,19)(H,16,17). The van der Waals surface area contributed by atoms with Gasteiger partial charge in [-0.15, -0.1) is 0 Å². The van der Waals surface area contributed by atoms with Gasteiger partial charge < -0.3 is 11.1 Å². The number of hydrogen-bond acceptors (Lipinski definition) is 4. The summed E-state index contributed by atoms with van der Waals surface area (Å²) in [5.74, 6) is -0.270. The molecule has 4 N–H and O–H groups in total. The van der Waals surface area contributed by atoms with Crippen molar-refractivity contribution < 1.29 is 4.79 Å². The Balaban J connectivity index is 1.98. The Kier molecular flexibility index (Phi) is 3.84. The molecule has 0 saturated heterocycles. The number of aryl methyl sites for hydroxylation is 1. The number of carbonyl (C=O) groups excluding carboxylic acids is 1. The molecule has 19 heavy (non-hydrogen) atoms. The molecule has 1 unspecified atom stereocenters. The van der Waals surface area contributed by atoms with Crippen LogP contribution in [0.25, 0.3) is 0 Å².